The number of H-pyrrole nitrogens is 1. The van der Waals surface area contributed by atoms with Crippen LogP contribution in [0.15, 0.2) is 54.6 Å². The number of aromatic nitrogens is 2. The number of nitrogen functional groups attached to an aromatic ring is 1. The summed E-state index contributed by atoms with van der Waals surface area (Å²) < 4.78 is 28.4. The molecule has 30 heavy (non-hydrogen) atoms. The Morgan fingerprint density at radius 1 is 1.00 bits per heavy atom. The molecule has 152 valence electrons. The Morgan fingerprint density at radius 2 is 1.67 bits per heavy atom. The molecule has 7 N–H and O–H groups in total. The third-order valence-electron chi connectivity index (χ3n) is 4.85. The summed E-state index contributed by atoms with van der Waals surface area (Å²) in [5, 5.41) is 7.16. The number of hydrogen-bond acceptors (Lipinski definition) is 4. The van der Waals surface area contributed by atoms with Gasteiger partial charge in [0, 0.05) is 17.7 Å². The molecule has 0 aliphatic heterocycles. The lowest BCUT2D eigenvalue weighted by Crippen LogP contribution is -2.31. The number of amides is 2. The van der Waals surface area contributed by atoms with E-state index in [4.69, 9.17) is 17.2 Å². The van der Waals surface area contributed by atoms with Crippen molar-refractivity contribution in [2.24, 2.45) is 11.5 Å². The molecule has 1 heterocycles. The number of carbonyl (C=O) groups is 1. The SMILES string of the molecule is NCc1cc(N(C(N)=O)c2ccc(-c3c(F)ccc4[nH]nc(N)c34)cc2)ccc1F. The molecule has 0 unspecified atom stereocenters. The van der Waals surface area contributed by atoms with Gasteiger partial charge in [-0.15, -0.1) is 0 Å². The molecule has 9 heteroatoms. The molecule has 3 aromatic carbocycles. The number of hydrogen-bond donors (Lipinski definition) is 4. The fourth-order valence-corrected chi connectivity index (χ4v) is 3.43. The van der Waals surface area contributed by atoms with Gasteiger partial charge in [-0.05, 0) is 48.0 Å². The van der Waals surface area contributed by atoms with Gasteiger partial charge in [0.2, 0.25) is 0 Å². The molecule has 0 aliphatic rings. The first kappa shape index (κ1) is 19.3. The fourth-order valence-electron chi connectivity index (χ4n) is 3.43. The quantitative estimate of drug-likeness (QED) is 0.410. The summed E-state index contributed by atoms with van der Waals surface area (Å²) in [4.78, 5) is 13.3. The van der Waals surface area contributed by atoms with E-state index < -0.39 is 17.7 Å². The predicted octanol–water partition coefficient (Wildman–Crippen LogP) is 3.77. The van der Waals surface area contributed by atoms with E-state index in [2.05, 4.69) is 10.2 Å². The zero-order chi connectivity index (χ0) is 21.4. The number of nitrogens with two attached hydrogens (primary N) is 3. The molecular formula is C21H18F2N6O. The van der Waals surface area contributed by atoms with Gasteiger partial charge < -0.3 is 17.2 Å². The van der Waals surface area contributed by atoms with Crippen molar-refractivity contribution < 1.29 is 13.6 Å². The van der Waals surface area contributed by atoms with Crippen LogP contribution in [0.4, 0.5) is 30.8 Å². The highest BCUT2D eigenvalue weighted by Gasteiger charge is 2.19. The fraction of sp³-hybridized carbons (Fsp3) is 0.0476. The van der Waals surface area contributed by atoms with Crippen molar-refractivity contribution in [2.75, 3.05) is 10.6 Å². The van der Waals surface area contributed by atoms with Crippen LogP contribution in [-0.2, 0) is 6.54 Å². The van der Waals surface area contributed by atoms with E-state index >= 15 is 0 Å². The molecule has 0 radical (unpaired) electrons. The van der Waals surface area contributed by atoms with E-state index in [9.17, 15) is 13.6 Å². The minimum absolute atomic E-state index is 0.0272. The van der Waals surface area contributed by atoms with Gasteiger partial charge in [0.15, 0.2) is 5.82 Å². The van der Waals surface area contributed by atoms with Crippen LogP contribution < -0.4 is 22.1 Å². The number of primary amides is 1. The van der Waals surface area contributed by atoms with Crippen molar-refractivity contribution in [2.45, 2.75) is 6.54 Å². The standard InChI is InChI=1S/C21H18F2N6O/c22-15-6-5-14(9-12(15)10-24)29(21(26)30)13-3-1-11(2-4-13)18-16(23)7-8-17-19(18)20(25)28-27-17/h1-9H,10,24H2,(H2,26,30)(H3,25,27,28). The lowest BCUT2D eigenvalue weighted by molar-refractivity contribution is 0.256. The highest BCUT2D eigenvalue weighted by atomic mass is 19.1. The topological polar surface area (TPSA) is 127 Å². The zero-order valence-electron chi connectivity index (χ0n) is 15.7. The van der Waals surface area contributed by atoms with Crippen LogP contribution in [0, 0.1) is 11.6 Å². The maximum Gasteiger partial charge on any atom is 0.323 e. The maximum atomic E-state index is 14.6. The van der Waals surface area contributed by atoms with Crippen molar-refractivity contribution in [3.05, 3.63) is 71.8 Å². The Morgan fingerprint density at radius 3 is 2.33 bits per heavy atom. The molecule has 4 aromatic rings. The van der Waals surface area contributed by atoms with Crippen molar-refractivity contribution in [1.29, 1.82) is 0 Å². The van der Waals surface area contributed by atoms with Gasteiger partial charge in [0.05, 0.1) is 22.3 Å². The summed E-state index contributed by atoms with van der Waals surface area (Å²) in [6, 6.07) is 12.7. The number of urea groups is 1. The minimum atomic E-state index is -0.760. The number of carbonyl (C=O) groups excluding carboxylic acids is 1. The van der Waals surface area contributed by atoms with E-state index in [0.717, 1.165) is 0 Å². The summed E-state index contributed by atoms with van der Waals surface area (Å²) >= 11 is 0. The highest BCUT2D eigenvalue weighted by Crippen LogP contribution is 2.35. The largest absolute Gasteiger partial charge is 0.382 e. The minimum Gasteiger partial charge on any atom is -0.382 e. The summed E-state index contributed by atoms with van der Waals surface area (Å²) in [5.41, 5.74) is 19.5. The monoisotopic (exact) mass is 408 g/mol. The Bertz CT molecular complexity index is 1250. The maximum absolute atomic E-state index is 14.6. The molecule has 0 aliphatic carbocycles. The lowest BCUT2D eigenvalue weighted by Gasteiger charge is -2.22. The summed E-state index contributed by atoms with van der Waals surface area (Å²) in [5.74, 6) is -0.744. The number of aromatic amines is 1. The average molecular weight is 408 g/mol. The molecule has 0 spiro atoms. The number of benzene rings is 3. The van der Waals surface area contributed by atoms with Gasteiger partial charge in [0.25, 0.3) is 0 Å². The van der Waals surface area contributed by atoms with Crippen LogP contribution in [0.25, 0.3) is 22.0 Å². The van der Waals surface area contributed by atoms with Crippen molar-refractivity contribution in [3.8, 4) is 11.1 Å². The molecule has 0 saturated carbocycles. The Labute approximate surface area is 170 Å². The summed E-state index contributed by atoms with van der Waals surface area (Å²) in [6.07, 6.45) is 0. The normalized spacial score (nSPS) is 11.0. The lowest BCUT2D eigenvalue weighted by atomic mass is 10.00. The third-order valence-corrected chi connectivity index (χ3v) is 4.85. The Hall–Kier alpha value is -3.98. The number of anilines is 3. The smallest absolute Gasteiger partial charge is 0.323 e. The second-order valence-electron chi connectivity index (χ2n) is 6.65. The van der Waals surface area contributed by atoms with Gasteiger partial charge in [0.1, 0.15) is 11.6 Å². The van der Waals surface area contributed by atoms with Gasteiger partial charge in [-0.1, -0.05) is 12.1 Å². The van der Waals surface area contributed by atoms with Crippen LogP contribution in [0.2, 0.25) is 0 Å². The van der Waals surface area contributed by atoms with E-state index in [0.29, 0.717) is 33.4 Å². The zero-order valence-corrected chi connectivity index (χ0v) is 15.7. The van der Waals surface area contributed by atoms with E-state index in [1.54, 1.807) is 30.3 Å². The predicted molar refractivity (Wildman–Crippen MR) is 112 cm³/mol. The molecule has 0 bridgehead atoms. The molecule has 7 nitrogen and oxygen atoms in total. The number of halogens is 2. The molecule has 0 atom stereocenters. The molecular weight excluding hydrogens is 390 g/mol. The summed E-state index contributed by atoms with van der Waals surface area (Å²) in [7, 11) is 0. The van der Waals surface area contributed by atoms with Crippen molar-refractivity contribution in [1.82, 2.24) is 10.2 Å². The van der Waals surface area contributed by atoms with E-state index in [1.807, 2.05) is 0 Å². The molecule has 1 aromatic heterocycles. The molecule has 0 saturated heterocycles. The first-order chi connectivity index (χ1) is 14.4. The number of rotatable bonds is 4. The first-order valence-electron chi connectivity index (χ1n) is 9.01. The van der Waals surface area contributed by atoms with Crippen LogP contribution >= 0.6 is 0 Å². The van der Waals surface area contributed by atoms with Gasteiger partial charge >= 0.3 is 6.03 Å². The number of fused-ring (bicyclic) bond motifs is 1. The second kappa shape index (κ2) is 7.45. The van der Waals surface area contributed by atoms with Gasteiger partial charge in [-0.3, -0.25) is 10.00 Å². The van der Waals surface area contributed by atoms with Crippen LogP contribution in [0.5, 0.6) is 0 Å². The number of nitrogens with zero attached hydrogens (tertiary/aromatic N) is 2. The third kappa shape index (κ3) is 3.20. The number of nitrogens with one attached hydrogen (secondary N) is 1. The van der Waals surface area contributed by atoms with Crippen LogP contribution in [0.3, 0.4) is 0 Å². The van der Waals surface area contributed by atoms with Crippen molar-refractivity contribution in [3.63, 3.8) is 0 Å². The highest BCUT2D eigenvalue weighted by molar-refractivity contribution is 6.02. The summed E-state index contributed by atoms with van der Waals surface area (Å²) in [6.45, 7) is -0.0272. The van der Waals surface area contributed by atoms with E-state index in [-0.39, 0.29) is 17.9 Å². The average Bonchev–Trinajstić information content (AvgIpc) is 3.11. The van der Waals surface area contributed by atoms with Crippen LogP contribution in [0.1, 0.15) is 5.56 Å². The van der Waals surface area contributed by atoms with Gasteiger partial charge in [-0.2, -0.15) is 5.10 Å². The molecule has 4 rings (SSSR count). The first-order valence-corrected chi connectivity index (χ1v) is 9.01. The van der Waals surface area contributed by atoms with Crippen molar-refractivity contribution >= 4 is 34.1 Å². The second-order valence-corrected chi connectivity index (χ2v) is 6.65. The Kier molecular flexibility index (Phi) is 4.80. The van der Waals surface area contributed by atoms with E-state index in [1.165, 1.54) is 29.2 Å². The Balaban J connectivity index is 1.79. The van der Waals surface area contributed by atoms with Gasteiger partial charge in [-0.25, -0.2) is 13.6 Å². The molecule has 0 fully saturated rings. The molecule has 2 amide bonds. The van der Waals surface area contributed by atoms with Crippen LogP contribution in [-0.4, -0.2) is 16.2 Å².